The van der Waals surface area contributed by atoms with E-state index in [2.05, 4.69) is 42.4 Å². The zero-order chi connectivity index (χ0) is 13.8. The molecule has 2 rings (SSSR count). The van der Waals surface area contributed by atoms with E-state index in [1.54, 1.807) is 0 Å². The first-order valence-corrected chi connectivity index (χ1v) is 6.75. The van der Waals surface area contributed by atoms with E-state index in [1.807, 2.05) is 18.7 Å². The Morgan fingerprint density at radius 3 is 2.53 bits per heavy atom. The number of nitrogens with zero attached hydrogens (tertiary/aromatic N) is 2. The molecule has 0 saturated heterocycles. The number of aliphatic hydroxyl groups is 1. The smallest absolute Gasteiger partial charge is 0.0596 e. The molecule has 1 N–H and O–H groups in total. The van der Waals surface area contributed by atoms with Gasteiger partial charge in [0.1, 0.15) is 0 Å². The molecule has 0 amide bonds. The van der Waals surface area contributed by atoms with E-state index in [4.69, 9.17) is 0 Å². The molecule has 1 heterocycles. The van der Waals surface area contributed by atoms with Crippen molar-refractivity contribution in [3.63, 3.8) is 0 Å². The van der Waals surface area contributed by atoms with Crippen molar-refractivity contribution in [1.29, 1.82) is 0 Å². The molecule has 1 aromatic carbocycles. The van der Waals surface area contributed by atoms with Crippen LogP contribution in [0.2, 0.25) is 0 Å². The van der Waals surface area contributed by atoms with Crippen LogP contribution in [0.1, 0.15) is 22.5 Å². The van der Waals surface area contributed by atoms with Gasteiger partial charge in [0.25, 0.3) is 0 Å². The second kappa shape index (κ2) is 6.02. The molecule has 1 unspecified atom stereocenters. The summed E-state index contributed by atoms with van der Waals surface area (Å²) in [5, 5.41) is 14.0. The SMILES string of the molecule is Cc1cc(CC(CO)Cc2ccccc2C)n(C)n1. The zero-order valence-electron chi connectivity index (χ0n) is 11.9. The molecular formula is C16H22N2O. The van der Waals surface area contributed by atoms with E-state index in [1.165, 1.54) is 16.8 Å². The molecule has 102 valence electrons. The lowest BCUT2D eigenvalue weighted by Crippen LogP contribution is -2.15. The number of aliphatic hydroxyl groups excluding tert-OH is 1. The van der Waals surface area contributed by atoms with Crippen LogP contribution in [-0.2, 0) is 19.9 Å². The van der Waals surface area contributed by atoms with Gasteiger partial charge in [-0.15, -0.1) is 0 Å². The van der Waals surface area contributed by atoms with Crippen LogP contribution in [0.25, 0.3) is 0 Å². The molecule has 1 atom stereocenters. The minimum atomic E-state index is 0.207. The van der Waals surface area contributed by atoms with Crippen LogP contribution < -0.4 is 0 Å². The third-order valence-corrected chi connectivity index (χ3v) is 3.62. The molecule has 1 aromatic heterocycles. The van der Waals surface area contributed by atoms with E-state index >= 15 is 0 Å². The Kier molecular flexibility index (Phi) is 4.38. The minimum absolute atomic E-state index is 0.207. The normalized spacial score (nSPS) is 12.6. The minimum Gasteiger partial charge on any atom is -0.396 e. The summed E-state index contributed by atoms with van der Waals surface area (Å²) in [6.45, 7) is 4.33. The highest BCUT2D eigenvalue weighted by molar-refractivity contribution is 5.26. The molecule has 3 nitrogen and oxygen atoms in total. The fraction of sp³-hybridized carbons (Fsp3) is 0.438. The van der Waals surface area contributed by atoms with Crippen LogP contribution in [-0.4, -0.2) is 21.5 Å². The average molecular weight is 258 g/mol. The Labute approximate surface area is 114 Å². The lowest BCUT2D eigenvalue weighted by atomic mass is 9.93. The van der Waals surface area contributed by atoms with Crippen molar-refractivity contribution in [2.45, 2.75) is 26.7 Å². The van der Waals surface area contributed by atoms with E-state index in [-0.39, 0.29) is 12.5 Å². The summed E-state index contributed by atoms with van der Waals surface area (Å²) in [5.41, 5.74) is 4.83. The second-order valence-electron chi connectivity index (χ2n) is 5.28. The topological polar surface area (TPSA) is 38.0 Å². The van der Waals surface area contributed by atoms with Crippen molar-refractivity contribution in [1.82, 2.24) is 9.78 Å². The van der Waals surface area contributed by atoms with E-state index in [9.17, 15) is 5.11 Å². The van der Waals surface area contributed by atoms with Crippen molar-refractivity contribution in [2.24, 2.45) is 13.0 Å². The number of aryl methyl sites for hydroxylation is 3. The fourth-order valence-corrected chi connectivity index (χ4v) is 2.50. The monoisotopic (exact) mass is 258 g/mol. The second-order valence-corrected chi connectivity index (χ2v) is 5.28. The third-order valence-electron chi connectivity index (χ3n) is 3.62. The van der Waals surface area contributed by atoms with Gasteiger partial charge in [0.15, 0.2) is 0 Å². The molecular weight excluding hydrogens is 236 g/mol. The van der Waals surface area contributed by atoms with Crippen LogP contribution in [0, 0.1) is 19.8 Å². The van der Waals surface area contributed by atoms with Crippen LogP contribution in [0.4, 0.5) is 0 Å². The van der Waals surface area contributed by atoms with Crippen LogP contribution in [0.5, 0.6) is 0 Å². The summed E-state index contributed by atoms with van der Waals surface area (Å²) in [4.78, 5) is 0. The summed E-state index contributed by atoms with van der Waals surface area (Å²) in [6, 6.07) is 10.5. The Hall–Kier alpha value is -1.61. The first-order chi connectivity index (χ1) is 9.10. The molecule has 0 spiro atoms. The largest absolute Gasteiger partial charge is 0.396 e. The summed E-state index contributed by atoms with van der Waals surface area (Å²) in [7, 11) is 1.96. The van der Waals surface area contributed by atoms with Gasteiger partial charge in [-0.05, 0) is 49.8 Å². The quantitative estimate of drug-likeness (QED) is 0.894. The third kappa shape index (κ3) is 3.44. The number of aromatic nitrogens is 2. The number of rotatable bonds is 5. The van der Waals surface area contributed by atoms with Crippen molar-refractivity contribution >= 4 is 0 Å². The van der Waals surface area contributed by atoms with E-state index in [0.29, 0.717) is 0 Å². The molecule has 0 aliphatic carbocycles. The Bertz CT molecular complexity index is 545. The predicted molar refractivity (Wildman–Crippen MR) is 77.1 cm³/mol. The molecule has 0 saturated carbocycles. The Morgan fingerprint density at radius 2 is 1.95 bits per heavy atom. The van der Waals surface area contributed by atoms with Crippen molar-refractivity contribution in [3.8, 4) is 0 Å². The first kappa shape index (κ1) is 13.8. The van der Waals surface area contributed by atoms with Gasteiger partial charge in [-0.2, -0.15) is 5.10 Å². The maximum Gasteiger partial charge on any atom is 0.0596 e. The summed E-state index contributed by atoms with van der Waals surface area (Å²) >= 11 is 0. The Balaban J connectivity index is 2.09. The predicted octanol–water partition coefficient (Wildman–Crippen LogP) is 2.43. The standard InChI is InChI=1S/C16H22N2O/c1-12-6-4-5-7-15(12)9-14(11-19)10-16-8-13(2)17-18(16)3/h4-8,14,19H,9-11H2,1-3H3. The first-order valence-electron chi connectivity index (χ1n) is 6.75. The molecule has 19 heavy (non-hydrogen) atoms. The van der Waals surface area contributed by atoms with Gasteiger partial charge >= 0.3 is 0 Å². The molecule has 3 heteroatoms. The van der Waals surface area contributed by atoms with Gasteiger partial charge in [-0.3, -0.25) is 4.68 Å². The average Bonchev–Trinajstić information content (AvgIpc) is 2.69. The highest BCUT2D eigenvalue weighted by Gasteiger charge is 2.13. The van der Waals surface area contributed by atoms with Crippen LogP contribution in [0.3, 0.4) is 0 Å². The highest BCUT2D eigenvalue weighted by atomic mass is 16.3. The van der Waals surface area contributed by atoms with Gasteiger partial charge in [0, 0.05) is 19.3 Å². The molecule has 0 aliphatic rings. The van der Waals surface area contributed by atoms with Gasteiger partial charge in [0.2, 0.25) is 0 Å². The molecule has 0 radical (unpaired) electrons. The number of hydrogen-bond donors (Lipinski definition) is 1. The summed E-state index contributed by atoms with van der Waals surface area (Å²) in [5.74, 6) is 0.246. The maximum atomic E-state index is 9.61. The van der Waals surface area contributed by atoms with Gasteiger partial charge in [0.05, 0.1) is 5.69 Å². The fourth-order valence-electron chi connectivity index (χ4n) is 2.50. The van der Waals surface area contributed by atoms with Crippen molar-refractivity contribution in [2.75, 3.05) is 6.61 Å². The number of benzene rings is 1. The van der Waals surface area contributed by atoms with Gasteiger partial charge < -0.3 is 5.11 Å². The molecule has 0 fully saturated rings. The van der Waals surface area contributed by atoms with Crippen LogP contribution in [0.15, 0.2) is 30.3 Å². The zero-order valence-corrected chi connectivity index (χ0v) is 11.9. The van der Waals surface area contributed by atoms with Gasteiger partial charge in [-0.25, -0.2) is 0 Å². The summed E-state index contributed by atoms with van der Waals surface area (Å²) in [6.07, 6.45) is 1.77. The lowest BCUT2D eigenvalue weighted by Gasteiger charge is -2.15. The lowest BCUT2D eigenvalue weighted by molar-refractivity contribution is 0.223. The van der Waals surface area contributed by atoms with Gasteiger partial charge in [-0.1, -0.05) is 24.3 Å². The molecule has 2 aromatic rings. The van der Waals surface area contributed by atoms with E-state index in [0.717, 1.165) is 18.5 Å². The Morgan fingerprint density at radius 1 is 1.21 bits per heavy atom. The number of hydrogen-bond acceptors (Lipinski definition) is 2. The highest BCUT2D eigenvalue weighted by Crippen LogP contribution is 2.17. The van der Waals surface area contributed by atoms with Crippen molar-refractivity contribution in [3.05, 3.63) is 52.8 Å². The van der Waals surface area contributed by atoms with Crippen LogP contribution >= 0.6 is 0 Å². The molecule has 0 aliphatic heterocycles. The van der Waals surface area contributed by atoms with E-state index < -0.39 is 0 Å². The van der Waals surface area contributed by atoms with Crippen molar-refractivity contribution < 1.29 is 5.11 Å². The molecule has 0 bridgehead atoms. The summed E-state index contributed by atoms with van der Waals surface area (Å²) < 4.78 is 1.91. The maximum absolute atomic E-state index is 9.61.